The second-order valence-electron chi connectivity index (χ2n) is 4.86. The van der Waals surface area contributed by atoms with Crippen LogP contribution in [-0.2, 0) is 17.8 Å². The molecule has 0 saturated carbocycles. The average molecular weight is 333 g/mol. The monoisotopic (exact) mass is 333 g/mol. The first-order valence-electron chi connectivity index (χ1n) is 7.08. The molecule has 0 unspecified atom stereocenters. The number of hydrogen-bond donors (Lipinski definition) is 3. The summed E-state index contributed by atoms with van der Waals surface area (Å²) in [6.07, 6.45) is -0.515. The van der Waals surface area contributed by atoms with E-state index in [9.17, 15) is 9.59 Å². The molecule has 1 heterocycles. The maximum Gasteiger partial charge on any atom is 0.411 e. The number of urea groups is 1. The van der Waals surface area contributed by atoms with E-state index in [1.165, 1.54) is 12.0 Å². The lowest BCUT2D eigenvalue weighted by Gasteiger charge is -2.08. The van der Waals surface area contributed by atoms with E-state index in [1.807, 2.05) is 31.2 Å². The third kappa shape index (κ3) is 5.63. The highest BCUT2D eigenvalue weighted by Crippen LogP contribution is 2.14. The molecule has 0 aliphatic carbocycles. The number of carbonyl (C=O) groups is 2. The molecule has 0 atom stereocenters. The summed E-state index contributed by atoms with van der Waals surface area (Å²) in [6, 6.07) is 11.0. The number of amides is 3. The zero-order valence-corrected chi connectivity index (χ0v) is 13.8. The van der Waals surface area contributed by atoms with Crippen LogP contribution in [0.1, 0.15) is 15.3 Å². The Balaban J connectivity index is 1.74. The summed E-state index contributed by atoms with van der Waals surface area (Å²) in [5.74, 6) is 0. The maximum atomic E-state index is 11.8. The van der Waals surface area contributed by atoms with Crippen molar-refractivity contribution in [2.24, 2.45) is 0 Å². The molecule has 3 N–H and O–H groups in total. The Morgan fingerprint density at radius 3 is 2.35 bits per heavy atom. The van der Waals surface area contributed by atoms with E-state index in [-0.39, 0.29) is 6.03 Å². The van der Waals surface area contributed by atoms with Gasteiger partial charge in [-0.15, -0.1) is 11.3 Å². The predicted molar refractivity (Wildman–Crippen MR) is 90.6 cm³/mol. The van der Waals surface area contributed by atoms with Gasteiger partial charge in [0.15, 0.2) is 0 Å². The largest absolute Gasteiger partial charge is 0.453 e. The van der Waals surface area contributed by atoms with Gasteiger partial charge in [-0.1, -0.05) is 12.1 Å². The van der Waals surface area contributed by atoms with Crippen molar-refractivity contribution in [1.82, 2.24) is 10.6 Å². The van der Waals surface area contributed by atoms with E-state index < -0.39 is 6.09 Å². The van der Waals surface area contributed by atoms with E-state index in [2.05, 4.69) is 20.7 Å². The topological polar surface area (TPSA) is 79.5 Å². The summed E-state index contributed by atoms with van der Waals surface area (Å²) in [5, 5.41) is 8.17. The van der Waals surface area contributed by atoms with Gasteiger partial charge in [-0.05, 0) is 36.8 Å². The molecule has 122 valence electrons. The Labute approximate surface area is 138 Å². The van der Waals surface area contributed by atoms with Crippen LogP contribution in [-0.4, -0.2) is 19.2 Å². The fourth-order valence-electron chi connectivity index (χ4n) is 1.87. The van der Waals surface area contributed by atoms with Crippen molar-refractivity contribution in [3.8, 4) is 0 Å². The molecule has 23 heavy (non-hydrogen) atoms. The van der Waals surface area contributed by atoms with E-state index in [0.29, 0.717) is 18.8 Å². The summed E-state index contributed by atoms with van der Waals surface area (Å²) < 4.78 is 4.51. The minimum absolute atomic E-state index is 0.215. The number of thiophene rings is 1. The van der Waals surface area contributed by atoms with Gasteiger partial charge < -0.3 is 15.4 Å². The zero-order chi connectivity index (χ0) is 16.7. The number of benzene rings is 1. The van der Waals surface area contributed by atoms with Crippen molar-refractivity contribution >= 4 is 29.1 Å². The molecule has 0 aliphatic rings. The summed E-state index contributed by atoms with van der Waals surface area (Å²) in [5.41, 5.74) is 1.57. The van der Waals surface area contributed by atoms with Crippen LogP contribution < -0.4 is 16.0 Å². The van der Waals surface area contributed by atoms with Crippen LogP contribution in [0.2, 0.25) is 0 Å². The maximum absolute atomic E-state index is 11.8. The fourth-order valence-corrected chi connectivity index (χ4v) is 2.70. The van der Waals surface area contributed by atoms with Crippen LogP contribution in [0.5, 0.6) is 0 Å². The highest BCUT2D eigenvalue weighted by Gasteiger charge is 2.03. The van der Waals surface area contributed by atoms with E-state index in [1.54, 1.807) is 23.5 Å². The van der Waals surface area contributed by atoms with Gasteiger partial charge in [0, 0.05) is 22.0 Å². The molecule has 0 bridgehead atoms. The first kappa shape index (κ1) is 16.8. The molecular formula is C16H19N3O3S. The molecule has 7 heteroatoms. The molecule has 2 aromatic rings. The van der Waals surface area contributed by atoms with Crippen molar-refractivity contribution in [1.29, 1.82) is 0 Å². The number of hydrogen-bond acceptors (Lipinski definition) is 4. The molecular weight excluding hydrogens is 314 g/mol. The van der Waals surface area contributed by atoms with Crippen molar-refractivity contribution in [3.63, 3.8) is 0 Å². The van der Waals surface area contributed by atoms with Crippen LogP contribution in [0.4, 0.5) is 15.3 Å². The Kier molecular flexibility index (Phi) is 5.99. The van der Waals surface area contributed by atoms with Gasteiger partial charge in [0.2, 0.25) is 0 Å². The lowest BCUT2D eigenvalue weighted by Crippen LogP contribution is -2.34. The predicted octanol–water partition coefficient (Wildman–Crippen LogP) is 3.23. The normalized spacial score (nSPS) is 10.0. The zero-order valence-electron chi connectivity index (χ0n) is 13.0. The molecule has 0 fully saturated rings. The first-order valence-corrected chi connectivity index (χ1v) is 7.89. The Morgan fingerprint density at radius 1 is 1.04 bits per heavy atom. The van der Waals surface area contributed by atoms with Gasteiger partial charge >= 0.3 is 12.1 Å². The highest BCUT2D eigenvalue weighted by atomic mass is 32.1. The van der Waals surface area contributed by atoms with Gasteiger partial charge in [0.05, 0.1) is 13.7 Å². The molecule has 0 aliphatic heterocycles. The van der Waals surface area contributed by atoms with Gasteiger partial charge in [0.1, 0.15) is 0 Å². The minimum Gasteiger partial charge on any atom is -0.453 e. The minimum atomic E-state index is -0.515. The Hall–Kier alpha value is -2.54. The van der Waals surface area contributed by atoms with Crippen LogP contribution in [0, 0.1) is 6.92 Å². The Morgan fingerprint density at radius 2 is 1.74 bits per heavy atom. The van der Waals surface area contributed by atoms with E-state index in [4.69, 9.17) is 0 Å². The summed E-state index contributed by atoms with van der Waals surface area (Å²) >= 11 is 1.67. The second kappa shape index (κ2) is 8.19. The Bertz CT molecular complexity index is 667. The van der Waals surface area contributed by atoms with Crippen LogP contribution in [0.3, 0.4) is 0 Å². The fraction of sp³-hybridized carbons (Fsp3) is 0.250. The number of rotatable bonds is 5. The highest BCUT2D eigenvalue weighted by molar-refractivity contribution is 7.11. The SMILES string of the molecule is COC(=O)Nc1ccc(CNC(=O)NCc2ccc(C)s2)cc1. The standard InChI is InChI=1S/C16H19N3O3S/c1-11-3-8-14(23-11)10-18-15(20)17-9-12-4-6-13(7-5-12)19-16(21)22-2/h3-8H,9-10H2,1-2H3,(H,19,21)(H2,17,18,20). The van der Waals surface area contributed by atoms with Crippen molar-refractivity contribution in [2.75, 3.05) is 12.4 Å². The van der Waals surface area contributed by atoms with Crippen molar-refractivity contribution < 1.29 is 14.3 Å². The van der Waals surface area contributed by atoms with Gasteiger partial charge in [-0.3, -0.25) is 5.32 Å². The number of carbonyl (C=O) groups excluding carboxylic acids is 2. The van der Waals surface area contributed by atoms with E-state index in [0.717, 1.165) is 10.4 Å². The van der Waals surface area contributed by atoms with Crippen LogP contribution in [0.25, 0.3) is 0 Å². The number of methoxy groups -OCH3 is 1. The van der Waals surface area contributed by atoms with E-state index >= 15 is 0 Å². The molecule has 3 amide bonds. The lowest BCUT2D eigenvalue weighted by atomic mass is 10.2. The molecule has 1 aromatic heterocycles. The summed E-state index contributed by atoms with van der Waals surface area (Å²) in [7, 11) is 1.31. The summed E-state index contributed by atoms with van der Waals surface area (Å²) in [6.45, 7) is 2.97. The number of ether oxygens (including phenoxy) is 1. The summed E-state index contributed by atoms with van der Waals surface area (Å²) in [4.78, 5) is 25.2. The molecule has 0 spiro atoms. The third-order valence-electron chi connectivity index (χ3n) is 3.06. The molecule has 6 nitrogen and oxygen atoms in total. The second-order valence-corrected chi connectivity index (χ2v) is 6.23. The van der Waals surface area contributed by atoms with Crippen molar-refractivity contribution in [2.45, 2.75) is 20.0 Å². The average Bonchev–Trinajstić information content (AvgIpc) is 2.97. The molecule has 0 saturated heterocycles. The molecule has 2 rings (SSSR count). The molecule has 1 aromatic carbocycles. The molecule has 0 radical (unpaired) electrons. The number of aryl methyl sites for hydroxylation is 1. The van der Waals surface area contributed by atoms with Crippen molar-refractivity contribution in [3.05, 3.63) is 51.7 Å². The number of anilines is 1. The lowest BCUT2D eigenvalue weighted by molar-refractivity contribution is 0.187. The quantitative estimate of drug-likeness (QED) is 0.786. The third-order valence-corrected chi connectivity index (χ3v) is 4.06. The van der Waals surface area contributed by atoms with Crippen LogP contribution in [0.15, 0.2) is 36.4 Å². The van der Waals surface area contributed by atoms with Gasteiger partial charge in [0.25, 0.3) is 0 Å². The number of nitrogens with one attached hydrogen (secondary N) is 3. The smallest absolute Gasteiger partial charge is 0.411 e. The first-order chi connectivity index (χ1) is 11.1. The van der Waals surface area contributed by atoms with Crippen LogP contribution >= 0.6 is 11.3 Å². The van der Waals surface area contributed by atoms with Gasteiger partial charge in [-0.25, -0.2) is 9.59 Å². The van der Waals surface area contributed by atoms with Gasteiger partial charge in [-0.2, -0.15) is 0 Å².